The highest BCUT2D eigenvalue weighted by atomic mass is 14.5. The van der Waals surface area contributed by atoms with Gasteiger partial charge in [0.1, 0.15) is 0 Å². The van der Waals surface area contributed by atoms with E-state index < -0.39 is 0 Å². The second kappa shape index (κ2) is 3.93. The average molecular weight is 210 g/mol. The third kappa shape index (κ3) is 1.53. The molecule has 0 amide bonds. The van der Waals surface area contributed by atoms with Crippen LogP contribution in [0.4, 0.5) is 0 Å². The predicted molar refractivity (Wildman–Crippen MR) is 69.0 cm³/mol. The summed E-state index contributed by atoms with van der Waals surface area (Å²) in [5.41, 5.74) is 2.04. The van der Waals surface area contributed by atoms with E-state index in [4.69, 9.17) is 0 Å². The second-order valence-corrected chi connectivity index (χ2v) is 5.08. The van der Waals surface area contributed by atoms with Crippen LogP contribution in [0.3, 0.4) is 0 Å². The van der Waals surface area contributed by atoms with Gasteiger partial charge in [0.2, 0.25) is 0 Å². The molecule has 0 aromatic carbocycles. The molecule has 0 radical (unpaired) electrons. The first-order chi connectivity index (χ1) is 7.91. The highest BCUT2D eigenvalue weighted by Crippen LogP contribution is 2.55. The molecular formula is C16H18. The number of rotatable bonds is 1. The fourth-order valence-electron chi connectivity index (χ4n) is 3.27. The minimum absolute atomic E-state index is 0.521. The Morgan fingerprint density at radius 3 is 2.69 bits per heavy atom. The molecular weight excluding hydrogens is 192 g/mol. The molecule has 2 unspecified atom stereocenters. The largest absolute Gasteiger partial charge is 0.0871 e. The molecule has 0 saturated heterocycles. The van der Waals surface area contributed by atoms with E-state index in [1.807, 2.05) is 0 Å². The van der Waals surface area contributed by atoms with E-state index in [1.165, 1.54) is 31.3 Å². The number of allylic oxidation sites excluding steroid dienone is 10. The molecule has 0 heterocycles. The maximum absolute atomic E-state index is 2.46. The molecule has 82 valence electrons. The van der Waals surface area contributed by atoms with E-state index in [0.29, 0.717) is 5.41 Å². The van der Waals surface area contributed by atoms with Crippen LogP contribution in [-0.4, -0.2) is 0 Å². The lowest BCUT2D eigenvalue weighted by atomic mass is 9.66. The molecule has 1 spiro atoms. The molecule has 0 N–H and O–H groups in total. The van der Waals surface area contributed by atoms with E-state index in [0.717, 1.165) is 5.92 Å². The highest BCUT2D eigenvalue weighted by Gasteiger charge is 2.44. The van der Waals surface area contributed by atoms with Gasteiger partial charge in [-0.2, -0.15) is 0 Å². The third-order valence-corrected chi connectivity index (χ3v) is 4.20. The summed E-state index contributed by atoms with van der Waals surface area (Å²) in [7, 11) is 0. The van der Waals surface area contributed by atoms with Gasteiger partial charge >= 0.3 is 0 Å². The van der Waals surface area contributed by atoms with Crippen molar-refractivity contribution in [3.8, 4) is 0 Å². The van der Waals surface area contributed by atoms with Crippen LogP contribution in [-0.2, 0) is 0 Å². The smallest absolute Gasteiger partial charge is 0.00152 e. The van der Waals surface area contributed by atoms with Crippen LogP contribution >= 0.6 is 0 Å². The topological polar surface area (TPSA) is 0 Å². The summed E-state index contributed by atoms with van der Waals surface area (Å²) >= 11 is 0. The molecule has 0 aliphatic heterocycles. The maximum atomic E-state index is 2.46. The molecule has 2 atom stereocenters. The molecule has 3 aliphatic rings. The van der Waals surface area contributed by atoms with Gasteiger partial charge in [0.05, 0.1) is 0 Å². The average Bonchev–Trinajstić information content (AvgIpc) is 2.60. The fraction of sp³-hybridized carbons (Fsp3) is 0.375. The van der Waals surface area contributed by atoms with Crippen LogP contribution in [0.5, 0.6) is 0 Å². The standard InChI is InChI=1S/C16H18/c1-2-4-8-14(9-5-3-1)15-10-6-11-16(15)12-7-13-16/h1-5,7-9,12,15H,6,10-11,13H2/b2-1-,3-1?,4-2?,5-3-,8-4-,9-5?,14-8?,14-9+. The minimum Gasteiger partial charge on any atom is -0.0871 e. The van der Waals surface area contributed by atoms with E-state index in [9.17, 15) is 0 Å². The van der Waals surface area contributed by atoms with Crippen LogP contribution < -0.4 is 0 Å². The van der Waals surface area contributed by atoms with Crippen molar-refractivity contribution in [3.05, 3.63) is 60.3 Å². The zero-order chi connectivity index (χ0) is 10.8. The lowest BCUT2D eigenvalue weighted by Gasteiger charge is -2.38. The summed E-state index contributed by atoms with van der Waals surface area (Å²) < 4.78 is 0. The SMILES string of the molecule is C1=CC2(C1)CCCC2C1=C/C=C\C=C/C=C\1. The summed E-state index contributed by atoms with van der Waals surface area (Å²) in [4.78, 5) is 0. The summed E-state index contributed by atoms with van der Waals surface area (Å²) in [5, 5.41) is 0. The Bertz CT molecular complexity index is 417. The Hall–Kier alpha value is -1.30. The highest BCUT2D eigenvalue weighted by molar-refractivity contribution is 5.37. The van der Waals surface area contributed by atoms with Gasteiger partial charge < -0.3 is 0 Å². The second-order valence-electron chi connectivity index (χ2n) is 5.08. The Kier molecular flexibility index (Phi) is 2.43. The zero-order valence-corrected chi connectivity index (χ0v) is 9.60. The first-order valence-electron chi connectivity index (χ1n) is 6.30. The Balaban J connectivity index is 1.89. The van der Waals surface area contributed by atoms with Crippen molar-refractivity contribution in [2.45, 2.75) is 25.7 Å². The van der Waals surface area contributed by atoms with Gasteiger partial charge in [0.15, 0.2) is 0 Å². The van der Waals surface area contributed by atoms with Crippen molar-refractivity contribution in [2.75, 3.05) is 0 Å². The van der Waals surface area contributed by atoms with Crippen molar-refractivity contribution in [1.29, 1.82) is 0 Å². The quantitative estimate of drug-likeness (QED) is 0.565. The Morgan fingerprint density at radius 2 is 1.88 bits per heavy atom. The van der Waals surface area contributed by atoms with Gasteiger partial charge in [-0.3, -0.25) is 0 Å². The van der Waals surface area contributed by atoms with E-state index in [2.05, 4.69) is 54.7 Å². The van der Waals surface area contributed by atoms with Crippen molar-refractivity contribution >= 4 is 0 Å². The Morgan fingerprint density at radius 1 is 1.06 bits per heavy atom. The van der Waals surface area contributed by atoms with E-state index in [1.54, 1.807) is 0 Å². The molecule has 0 nitrogen and oxygen atoms in total. The van der Waals surface area contributed by atoms with Crippen LogP contribution in [0.15, 0.2) is 60.3 Å². The van der Waals surface area contributed by atoms with Crippen LogP contribution in [0.1, 0.15) is 25.7 Å². The van der Waals surface area contributed by atoms with E-state index >= 15 is 0 Å². The Labute approximate surface area is 97.7 Å². The van der Waals surface area contributed by atoms with Gasteiger partial charge in [0, 0.05) is 0 Å². The monoisotopic (exact) mass is 210 g/mol. The first-order valence-corrected chi connectivity index (χ1v) is 6.30. The minimum atomic E-state index is 0.521. The van der Waals surface area contributed by atoms with Crippen LogP contribution in [0.2, 0.25) is 0 Å². The van der Waals surface area contributed by atoms with Gasteiger partial charge in [0.25, 0.3) is 0 Å². The zero-order valence-electron chi connectivity index (χ0n) is 9.60. The lowest BCUT2D eigenvalue weighted by molar-refractivity contribution is 0.288. The van der Waals surface area contributed by atoms with Gasteiger partial charge in [-0.1, -0.05) is 61.1 Å². The summed E-state index contributed by atoms with van der Waals surface area (Å²) in [5.74, 6) is 0.755. The number of hydrogen-bond acceptors (Lipinski definition) is 0. The fourth-order valence-corrected chi connectivity index (χ4v) is 3.27. The van der Waals surface area contributed by atoms with Crippen molar-refractivity contribution in [3.63, 3.8) is 0 Å². The van der Waals surface area contributed by atoms with Gasteiger partial charge in [-0.25, -0.2) is 0 Å². The molecule has 16 heavy (non-hydrogen) atoms. The molecule has 0 aromatic rings. The van der Waals surface area contributed by atoms with Crippen LogP contribution in [0, 0.1) is 11.3 Å². The summed E-state index contributed by atoms with van der Waals surface area (Å²) in [6, 6.07) is 0. The molecule has 1 saturated carbocycles. The lowest BCUT2D eigenvalue weighted by Crippen LogP contribution is -2.28. The van der Waals surface area contributed by atoms with E-state index in [-0.39, 0.29) is 0 Å². The predicted octanol–water partition coefficient (Wildman–Crippen LogP) is 4.34. The molecule has 3 rings (SSSR count). The van der Waals surface area contributed by atoms with Crippen molar-refractivity contribution in [2.24, 2.45) is 11.3 Å². The maximum Gasteiger partial charge on any atom is -0.00152 e. The van der Waals surface area contributed by atoms with Crippen LogP contribution in [0.25, 0.3) is 0 Å². The first kappa shape index (κ1) is 9.89. The van der Waals surface area contributed by atoms with Gasteiger partial charge in [-0.05, 0) is 36.2 Å². The summed E-state index contributed by atoms with van der Waals surface area (Å²) in [6.07, 6.45) is 25.5. The molecule has 1 fully saturated rings. The molecule has 0 heteroatoms. The third-order valence-electron chi connectivity index (χ3n) is 4.20. The van der Waals surface area contributed by atoms with Gasteiger partial charge in [-0.15, -0.1) is 0 Å². The molecule has 0 aromatic heterocycles. The summed E-state index contributed by atoms with van der Waals surface area (Å²) in [6.45, 7) is 0. The van der Waals surface area contributed by atoms with Crippen molar-refractivity contribution < 1.29 is 0 Å². The van der Waals surface area contributed by atoms with Crippen molar-refractivity contribution in [1.82, 2.24) is 0 Å². The molecule has 0 bridgehead atoms. The number of hydrogen-bond donors (Lipinski definition) is 0. The molecule has 3 aliphatic carbocycles. The normalized spacial score (nSPS) is 45.2.